The first kappa shape index (κ1) is 15.5. The lowest BCUT2D eigenvalue weighted by atomic mass is 9.99. The SMILES string of the molecule is COc1cccc(OC)c1C(O)c1cc(F)c(Cl)cc1F. The first-order valence-corrected chi connectivity index (χ1v) is 6.40. The Balaban J connectivity index is 2.59. The highest BCUT2D eigenvalue weighted by atomic mass is 35.5. The molecule has 6 heteroatoms. The van der Waals surface area contributed by atoms with Crippen molar-refractivity contribution < 1.29 is 23.4 Å². The minimum absolute atomic E-state index is 0.211. The van der Waals surface area contributed by atoms with Gasteiger partial charge in [0, 0.05) is 5.56 Å². The molecule has 0 saturated heterocycles. The largest absolute Gasteiger partial charge is 0.496 e. The molecule has 0 radical (unpaired) electrons. The average molecular weight is 315 g/mol. The molecule has 0 aliphatic rings. The lowest BCUT2D eigenvalue weighted by Crippen LogP contribution is -2.07. The second kappa shape index (κ2) is 6.28. The number of rotatable bonds is 4. The van der Waals surface area contributed by atoms with Gasteiger partial charge in [-0.15, -0.1) is 0 Å². The van der Waals surface area contributed by atoms with Crippen molar-refractivity contribution in [3.8, 4) is 11.5 Å². The summed E-state index contributed by atoms with van der Waals surface area (Å²) in [5.41, 5.74) is -0.0391. The van der Waals surface area contributed by atoms with Gasteiger partial charge in [0.25, 0.3) is 0 Å². The molecule has 0 saturated carbocycles. The van der Waals surface area contributed by atoms with E-state index in [0.29, 0.717) is 11.5 Å². The molecule has 0 aliphatic heterocycles. The third-order valence-corrected chi connectivity index (χ3v) is 3.36. The van der Waals surface area contributed by atoms with Crippen LogP contribution in [0.25, 0.3) is 0 Å². The fourth-order valence-corrected chi connectivity index (χ4v) is 2.20. The zero-order valence-electron chi connectivity index (χ0n) is 11.4. The Kier molecular flexibility index (Phi) is 4.65. The van der Waals surface area contributed by atoms with E-state index in [4.69, 9.17) is 21.1 Å². The molecule has 0 amide bonds. The Bertz CT molecular complexity index is 639. The third kappa shape index (κ3) is 2.94. The summed E-state index contributed by atoms with van der Waals surface area (Å²) in [6.45, 7) is 0. The normalized spacial score (nSPS) is 12.1. The topological polar surface area (TPSA) is 38.7 Å². The van der Waals surface area contributed by atoms with E-state index in [9.17, 15) is 13.9 Å². The number of methoxy groups -OCH3 is 2. The van der Waals surface area contributed by atoms with Gasteiger partial charge in [0.2, 0.25) is 0 Å². The van der Waals surface area contributed by atoms with Crippen LogP contribution >= 0.6 is 11.6 Å². The predicted molar refractivity (Wildman–Crippen MR) is 75.0 cm³/mol. The highest BCUT2D eigenvalue weighted by Gasteiger charge is 2.24. The highest BCUT2D eigenvalue weighted by Crippen LogP contribution is 2.38. The molecule has 2 aromatic carbocycles. The Morgan fingerprint density at radius 3 is 2.14 bits per heavy atom. The lowest BCUT2D eigenvalue weighted by Gasteiger charge is -2.19. The fraction of sp³-hybridized carbons (Fsp3) is 0.200. The molecule has 2 aromatic rings. The van der Waals surface area contributed by atoms with Gasteiger partial charge in [0.15, 0.2) is 0 Å². The Hall–Kier alpha value is -1.85. The Morgan fingerprint density at radius 2 is 1.62 bits per heavy atom. The van der Waals surface area contributed by atoms with Crippen molar-refractivity contribution in [3.63, 3.8) is 0 Å². The van der Waals surface area contributed by atoms with Gasteiger partial charge in [-0.2, -0.15) is 0 Å². The predicted octanol–water partition coefficient (Wildman–Crippen LogP) is 3.72. The zero-order chi connectivity index (χ0) is 15.6. The first-order valence-electron chi connectivity index (χ1n) is 6.03. The van der Waals surface area contributed by atoms with Crippen molar-refractivity contribution in [1.82, 2.24) is 0 Å². The van der Waals surface area contributed by atoms with Crippen LogP contribution in [0.5, 0.6) is 11.5 Å². The van der Waals surface area contributed by atoms with Gasteiger partial charge in [-0.3, -0.25) is 0 Å². The van der Waals surface area contributed by atoms with Gasteiger partial charge in [-0.25, -0.2) is 8.78 Å². The molecule has 112 valence electrons. The third-order valence-electron chi connectivity index (χ3n) is 3.07. The molecular formula is C15H13ClF2O3. The minimum Gasteiger partial charge on any atom is -0.496 e. The van der Waals surface area contributed by atoms with Gasteiger partial charge >= 0.3 is 0 Å². The summed E-state index contributed by atoms with van der Waals surface area (Å²) in [7, 11) is 2.81. The smallest absolute Gasteiger partial charge is 0.142 e. The fourth-order valence-electron chi connectivity index (χ4n) is 2.05. The monoisotopic (exact) mass is 314 g/mol. The van der Waals surface area contributed by atoms with Crippen LogP contribution in [0.1, 0.15) is 17.2 Å². The Labute approximate surface area is 125 Å². The molecule has 0 aromatic heterocycles. The zero-order valence-corrected chi connectivity index (χ0v) is 12.1. The number of ether oxygens (including phenoxy) is 2. The number of aliphatic hydroxyl groups excluding tert-OH is 1. The van der Waals surface area contributed by atoms with E-state index in [1.54, 1.807) is 18.2 Å². The van der Waals surface area contributed by atoms with Crippen molar-refractivity contribution in [2.24, 2.45) is 0 Å². The summed E-state index contributed by atoms with van der Waals surface area (Å²) < 4.78 is 37.8. The minimum atomic E-state index is -1.46. The molecular weight excluding hydrogens is 302 g/mol. The summed E-state index contributed by atoms with van der Waals surface area (Å²) in [4.78, 5) is 0. The molecule has 2 rings (SSSR count). The molecule has 0 spiro atoms. The van der Waals surface area contributed by atoms with Crippen molar-refractivity contribution >= 4 is 11.6 Å². The van der Waals surface area contributed by atoms with Crippen LogP contribution in [0.3, 0.4) is 0 Å². The molecule has 1 unspecified atom stereocenters. The summed E-state index contributed by atoms with van der Waals surface area (Å²) in [5.74, 6) is -1.03. The number of aliphatic hydroxyl groups is 1. The second-order valence-corrected chi connectivity index (χ2v) is 4.67. The van der Waals surface area contributed by atoms with Crippen LogP contribution in [0.2, 0.25) is 5.02 Å². The second-order valence-electron chi connectivity index (χ2n) is 4.27. The summed E-state index contributed by atoms with van der Waals surface area (Å²) in [5, 5.41) is 10.1. The molecule has 21 heavy (non-hydrogen) atoms. The van der Waals surface area contributed by atoms with Gasteiger partial charge in [0.1, 0.15) is 29.2 Å². The summed E-state index contributed by atoms with van der Waals surface area (Å²) in [6.07, 6.45) is -1.46. The first-order chi connectivity index (χ1) is 9.99. The maximum atomic E-state index is 13.9. The van der Waals surface area contributed by atoms with E-state index < -0.39 is 17.7 Å². The van der Waals surface area contributed by atoms with Crippen LogP contribution in [0, 0.1) is 11.6 Å². The van der Waals surface area contributed by atoms with Gasteiger partial charge in [0.05, 0.1) is 24.8 Å². The lowest BCUT2D eigenvalue weighted by molar-refractivity contribution is 0.203. The van der Waals surface area contributed by atoms with Gasteiger partial charge < -0.3 is 14.6 Å². The molecule has 0 fully saturated rings. The number of halogens is 3. The van der Waals surface area contributed by atoms with Crippen molar-refractivity contribution in [3.05, 3.63) is 58.1 Å². The van der Waals surface area contributed by atoms with Crippen molar-refractivity contribution in [1.29, 1.82) is 0 Å². The summed E-state index contributed by atoms with van der Waals surface area (Å²) in [6, 6.07) is 6.51. The van der Waals surface area contributed by atoms with Crippen LogP contribution in [0.15, 0.2) is 30.3 Å². The molecule has 3 nitrogen and oxygen atoms in total. The van der Waals surface area contributed by atoms with Crippen molar-refractivity contribution in [2.45, 2.75) is 6.10 Å². The van der Waals surface area contributed by atoms with E-state index in [0.717, 1.165) is 12.1 Å². The molecule has 0 aliphatic carbocycles. The number of hydrogen-bond acceptors (Lipinski definition) is 3. The van der Waals surface area contributed by atoms with Crippen LogP contribution in [-0.2, 0) is 0 Å². The standard InChI is InChI=1S/C15H13ClF2O3/c1-20-12-4-3-5-13(21-2)14(12)15(19)8-6-11(18)9(16)7-10(8)17/h3-7,15,19H,1-2H3. The Morgan fingerprint density at radius 1 is 1.05 bits per heavy atom. The molecule has 1 N–H and O–H groups in total. The molecule has 0 bridgehead atoms. The van der Waals surface area contributed by atoms with Crippen LogP contribution in [0.4, 0.5) is 8.78 Å². The quantitative estimate of drug-likeness (QED) is 0.874. The van der Waals surface area contributed by atoms with Crippen LogP contribution in [-0.4, -0.2) is 19.3 Å². The van der Waals surface area contributed by atoms with E-state index in [2.05, 4.69) is 0 Å². The number of benzene rings is 2. The van der Waals surface area contributed by atoms with E-state index in [-0.39, 0.29) is 16.1 Å². The van der Waals surface area contributed by atoms with E-state index in [1.807, 2.05) is 0 Å². The van der Waals surface area contributed by atoms with E-state index >= 15 is 0 Å². The molecule has 1 atom stereocenters. The van der Waals surface area contributed by atoms with Crippen molar-refractivity contribution in [2.75, 3.05) is 14.2 Å². The molecule has 0 heterocycles. The van der Waals surface area contributed by atoms with Gasteiger partial charge in [-0.05, 0) is 24.3 Å². The maximum Gasteiger partial charge on any atom is 0.142 e. The van der Waals surface area contributed by atoms with Crippen LogP contribution < -0.4 is 9.47 Å². The van der Waals surface area contributed by atoms with Gasteiger partial charge in [-0.1, -0.05) is 17.7 Å². The van der Waals surface area contributed by atoms with E-state index in [1.165, 1.54) is 14.2 Å². The average Bonchev–Trinajstić information content (AvgIpc) is 2.49. The maximum absolute atomic E-state index is 13.9. The summed E-state index contributed by atoms with van der Waals surface area (Å²) >= 11 is 5.51. The highest BCUT2D eigenvalue weighted by molar-refractivity contribution is 6.30. The number of hydrogen-bond donors (Lipinski definition) is 1.